The van der Waals surface area contributed by atoms with Gasteiger partial charge in [0.05, 0.1) is 0 Å². The van der Waals surface area contributed by atoms with Gasteiger partial charge in [0.1, 0.15) is 6.61 Å². The molecule has 3 aliphatic carbocycles. The Kier molecular flexibility index (Phi) is 5.43. The van der Waals surface area contributed by atoms with Gasteiger partial charge in [-0.3, -0.25) is 0 Å². The molecule has 0 bridgehead atoms. The maximum Gasteiger partial charge on any atom is 0.129 e. The summed E-state index contributed by atoms with van der Waals surface area (Å²) in [6.45, 7) is 10.6. The van der Waals surface area contributed by atoms with Crippen molar-refractivity contribution in [3.05, 3.63) is 23.3 Å². The first-order valence-electron chi connectivity index (χ1n) is 10.2. The summed E-state index contributed by atoms with van der Waals surface area (Å²) in [5.41, 5.74) is 9.28. The third kappa shape index (κ3) is 3.45. The van der Waals surface area contributed by atoms with Crippen LogP contribution in [0.5, 0.6) is 0 Å². The lowest BCUT2D eigenvalue weighted by Gasteiger charge is -2.57. The molecule has 0 aliphatic heterocycles. The summed E-state index contributed by atoms with van der Waals surface area (Å²) in [6.07, 6.45) is 14.8. The van der Waals surface area contributed by atoms with Gasteiger partial charge in [-0.25, -0.2) is 0 Å². The van der Waals surface area contributed by atoms with Crippen LogP contribution in [-0.2, 0) is 4.84 Å². The quantitative estimate of drug-likeness (QED) is 0.429. The zero-order valence-corrected chi connectivity index (χ0v) is 16.6. The van der Waals surface area contributed by atoms with E-state index in [0.717, 1.165) is 0 Å². The summed E-state index contributed by atoms with van der Waals surface area (Å²) in [7, 11) is 0. The second-order valence-corrected chi connectivity index (χ2v) is 9.18. The van der Waals surface area contributed by atoms with Crippen LogP contribution in [0.1, 0.15) is 66.2 Å². The van der Waals surface area contributed by atoms with E-state index in [1.165, 1.54) is 38.5 Å². The number of rotatable bonds is 5. The third-order valence-corrected chi connectivity index (χ3v) is 7.26. The fourth-order valence-electron chi connectivity index (χ4n) is 5.81. The van der Waals surface area contributed by atoms with E-state index in [0.29, 0.717) is 36.3 Å². The summed E-state index contributed by atoms with van der Waals surface area (Å²) >= 11 is 0. The van der Waals surface area contributed by atoms with Gasteiger partial charge in [0.15, 0.2) is 0 Å². The number of nitrogens with two attached hydrogens (primary N) is 1. The monoisotopic (exact) mass is 344 g/mol. The molecule has 1 unspecified atom stereocenters. The lowest BCUT2D eigenvalue weighted by molar-refractivity contribution is -0.0142. The predicted octanol–water partition coefficient (Wildman–Crippen LogP) is 5.08. The summed E-state index contributed by atoms with van der Waals surface area (Å²) < 4.78 is 0. The van der Waals surface area contributed by atoms with Crippen LogP contribution in [0.25, 0.3) is 0 Å². The summed E-state index contributed by atoms with van der Waals surface area (Å²) in [4.78, 5) is 5.33. The van der Waals surface area contributed by atoms with Crippen molar-refractivity contribution < 1.29 is 4.84 Å². The molecule has 140 valence electrons. The first kappa shape index (κ1) is 18.7. The van der Waals surface area contributed by atoms with Gasteiger partial charge in [-0.1, -0.05) is 57.0 Å². The lowest BCUT2D eigenvalue weighted by atomic mass is 9.47. The van der Waals surface area contributed by atoms with E-state index in [1.54, 1.807) is 11.1 Å². The van der Waals surface area contributed by atoms with Crippen LogP contribution in [0.3, 0.4) is 0 Å². The number of fused-ring (bicyclic) bond motifs is 3. The molecule has 0 amide bonds. The molecule has 1 fully saturated rings. The molecular formula is C22H36N2O. The van der Waals surface area contributed by atoms with Crippen LogP contribution in [0.15, 0.2) is 28.5 Å². The van der Waals surface area contributed by atoms with Crippen molar-refractivity contribution in [3.8, 4) is 0 Å². The van der Waals surface area contributed by atoms with Gasteiger partial charge in [-0.2, -0.15) is 0 Å². The number of oxime groups is 1. The van der Waals surface area contributed by atoms with Crippen molar-refractivity contribution in [1.29, 1.82) is 0 Å². The average molecular weight is 345 g/mol. The molecule has 3 rings (SSSR count). The van der Waals surface area contributed by atoms with E-state index in [1.807, 2.05) is 0 Å². The maximum absolute atomic E-state index is 5.50. The van der Waals surface area contributed by atoms with Gasteiger partial charge in [0.25, 0.3) is 0 Å². The van der Waals surface area contributed by atoms with Gasteiger partial charge in [0, 0.05) is 18.2 Å². The summed E-state index contributed by atoms with van der Waals surface area (Å²) in [6, 6.07) is 0. The van der Waals surface area contributed by atoms with E-state index in [9.17, 15) is 0 Å². The second kappa shape index (κ2) is 7.26. The maximum atomic E-state index is 5.50. The zero-order valence-electron chi connectivity index (χ0n) is 16.6. The Hall–Kier alpha value is -1.09. The molecule has 4 atom stereocenters. The van der Waals surface area contributed by atoms with Crippen LogP contribution in [0, 0.1) is 28.6 Å². The summed E-state index contributed by atoms with van der Waals surface area (Å²) in [5.74, 6) is 2.05. The second-order valence-electron chi connectivity index (χ2n) is 9.18. The Bertz CT molecular complexity index is 577. The highest BCUT2D eigenvalue weighted by atomic mass is 16.6. The number of hydrogen-bond donors (Lipinski definition) is 1. The topological polar surface area (TPSA) is 47.6 Å². The SMILES string of the molecule is CC(C)C1=CC2=CCC3[C@@](C)(/C=N/OCCN)CCC[C@]3(C)[C@H]2CC1. The highest BCUT2D eigenvalue weighted by Gasteiger charge is 2.53. The van der Waals surface area contributed by atoms with Crippen molar-refractivity contribution in [3.63, 3.8) is 0 Å². The number of nitrogens with zero attached hydrogens (tertiary/aromatic N) is 1. The van der Waals surface area contributed by atoms with E-state index in [4.69, 9.17) is 10.6 Å². The van der Waals surface area contributed by atoms with E-state index in [2.05, 4.69) is 51.2 Å². The molecule has 25 heavy (non-hydrogen) atoms. The van der Waals surface area contributed by atoms with Gasteiger partial charge in [-0.15, -0.1) is 0 Å². The molecule has 0 saturated heterocycles. The molecule has 0 aromatic heterocycles. The minimum atomic E-state index is 0.131. The van der Waals surface area contributed by atoms with Gasteiger partial charge in [0.2, 0.25) is 0 Å². The number of allylic oxidation sites excluding steroid dienone is 4. The van der Waals surface area contributed by atoms with Crippen molar-refractivity contribution in [1.82, 2.24) is 0 Å². The molecule has 0 radical (unpaired) electrons. The van der Waals surface area contributed by atoms with Crippen molar-refractivity contribution in [2.24, 2.45) is 39.5 Å². The first-order valence-corrected chi connectivity index (χ1v) is 10.2. The molecule has 3 nitrogen and oxygen atoms in total. The molecule has 1 saturated carbocycles. The highest BCUT2D eigenvalue weighted by molar-refractivity contribution is 5.66. The fraction of sp³-hybridized carbons (Fsp3) is 0.773. The third-order valence-electron chi connectivity index (χ3n) is 7.26. The smallest absolute Gasteiger partial charge is 0.129 e. The van der Waals surface area contributed by atoms with Crippen LogP contribution >= 0.6 is 0 Å². The van der Waals surface area contributed by atoms with Crippen LogP contribution in [-0.4, -0.2) is 19.4 Å². The average Bonchev–Trinajstić information content (AvgIpc) is 2.58. The largest absolute Gasteiger partial charge is 0.395 e. The van der Waals surface area contributed by atoms with Gasteiger partial charge in [-0.05, 0) is 60.8 Å². The van der Waals surface area contributed by atoms with Crippen LogP contribution in [0.4, 0.5) is 0 Å². The molecule has 0 spiro atoms. The van der Waals surface area contributed by atoms with Gasteiger partial charge < -0.3 is 10.6 Å². The normalized spacial score (nSPS) is 38.2. The Labute approximate surface area is 153 Å². The molecule has 2 N–H and O–H groups in total. The predicted molar refractivity (Wildman–Crippen MR) is 105 cm³/mol. The number of hydrogen-bond acceptors (Lipinski definition) is 3. The molecule has 3 aliphatic rings. The standard InChI is InChI=1S/C22H36N2O/c1-16(2)17-6-8-19-18(14-17)7-9-20-21(3,15-24-25-13-12-23)10-5-11-22(19,20)4/h7,14-16,19-20H,5-6,8-13,23H2,1-4H3/b24-15+/t19-,20?,21+,22+/m0/s1. The minimum Gasteiger partial charge on any atom is -0.395 e. The van der Waals surface area contributed by atoms with Gasteiger partial charge >= 0.3 is 0 Å². The first-order chi connectivity index (χ1) is 11.9. The lowest BCUT2D eigenvalue weighted by Crippen LogP contribution is -2.50. The minimum absolute atomic E-state index is 0.131. The van der Waals surface area contributed by atoms with Crippen molar-refractivity contribution in [2.75, 3.05) is 13.2 Å². The van der Waals surface area contributed by atoms with Crippen LogP contribution in [0.2, 0.25) is 0 Å². The van der Waals surface area contributed by atoms with E-state index in [-0.39, 0.29) is 5.41 Å². The van der Waals surface area contributed by atoms with E-state index >= 15 is 0 Å². The fourth-order valence-corrected chi connectivity index (χ4v) is 5.81. The van der Waals surface area contributed by atoms with Crippen LogP contribution < -0.4 is 5.73 Å². The van der Waals surface area contributed by atoms with E-state index < -0.39 is 0 Å². The molecule has 0 aromatic carbocycles. The molecular weight excluding hydrogens is 308 g/mol. The highest BCUT2D eigenvalue weighted by Crippen LogP contribution is 2.61. The van der Waals surface area contributed by atoms with Crippen molar-refractivity contribution in [2.45, 2.75) is 66.2 Å². The Morgan fingerprint density at radius 3 is 2.88 bits per heavy atom. The molecule has 3 heteroatoms. The molecule has 0 aromatic rings. The Morgan fingerprint density at radius 2 is 2.16 bits per heavy atom. The Morgan fingerprint density at radius 1 is 1.36 bits per heavy atom. The molecule has 0 heterocycles. The van der Waals surface area contributed by atoms with Crippen molar-refractivity contribution >= 4 is 6.21 Å². The Balaban J connectivity index is 1.86. The zero-order chi connectivity index (χ0) is 18.1. The summed E-state index contributed by atoms with van der Waals surface area (Å²) in [5, 5.41) is 4.28.